The third-order valence-electron chi connectivity index (χ3n) is 5.05. The van der Waals surface area contributed by atoms with Crippen molar-refractivity contribution in [3.8, 4) is 22.6 Å². The van der Waals surface area contributed by atoms with Crippen molar-refractivity contribution in [1.29, 1.82) is 0 Å². The molecule has 1 N–H and O–H groups in total. The highest BCUT2D eigenvalue weighted by atomic mass is 16.5. The van der Waals surface area contributed by atoms with E-state index in [-0.39, 0.29) is 22.4 Å². The number of ether oxygens (including phenoxy) is 1. The summed E-state index contributed by atoms with van der Waals surface area (Å²) < 4.78 is 8.35. The molecule has 7 nitrogen and oxygen atoms in total. The maximum absolute atomic E-state index is 13.2. The summed E-state index contributed by atoms with van der Waals surface area (Å²) in [6.07, 6.45) is 0. The van der Waals surface area contributed by atoms with Crippen molar-refractivity contribution in [1.82, 2.24) is 9.36 Å². The second-order valence-electron chi connectivity index (χ2n) is 6.70. The van der Waals surface area contributed by atoms with E-state index in [1.807, 2.05) is 30.3 Å². The standard InChI is InChI=1S/C22H19N3O4/c1-13-17(22(28)25(24(13)2)15-9-5-4-6-10-15)18-19(21(27)20(18)26)23-14-8-7-11-16(12-14)29-3/h4-12,23H,1-3H3. The Morgan fingerprint density at radius 2 is 1.62 bits per heavy atom. The number of rotatable bonds is 5. The van der Waals surface area contributed by atoms with Gasteiger partial charge < -0.3 is 10.1 Å². The Labute approximate surface area is 166 Å². The highest BCUT2D eigenvalue weighted by molar-refractivity contribution is 5.85. The minimum atomic E-state index is -0.665. The van der Waals surface area contributed by atoms with Crippen LogP contribution in [0.1, 0.15) is 5.69 Å². The molecule has 0 spiro atoms. The van der Waals surface area contributed by atoms with Gasteiger partial charge in [-0.05, 0) is 31.2 Å². The van der Waals surface area contributed by atoms with Crippen molar-refractivity contribution >= 4 is 11.4 Å². The highest BCUT2D eigenvalue weighted by Crippen LogP contribution is 2.28. The van der Waals surface area contributed by atoms with Crippen LogP contribution in [0.4, 0.5) is 11.4 Å². The number of para-hydroxylation sites is 1. The number of nitrogens with zero attached hydrogens (tertiary/aromatic N) is 2. The maximum atomic E-state index is 13.2. The van der Waals surface area contributed by atoms with Gasteiger partial charge in [0.25, 0.3) is 11.0 Å². The van der Waals surface area contributed by atoms with Gasteiger partial charge in [0.2, 0.25) is 5.43 Å². The van der Waals surface area contributed by atoms with Crippen LogP contribution in [0.5, 0.6) is 5.75 Å². The molecular formula is C22H19N3O4. The first-order valence-electron chi connectivity index (χ1n) is 9.02. The number of nitrogens with one attached hydrogen (secondary N) is 1. The van der Waals surface area contributed by atoms with Gasteiger partial charge in [-0.25, -0.2) is 4.68 Å². The van der Waals surface area contributed by atoms with Gasteiger partial charge in [-0.15, -0.1) is 0 Å². The molecule has 4 rings (SSSR count). The van der Waals surface area contributed by atoms with Crippen molar-refractivity contribution in [2.45, 2.75) is 6.92 Å². The average molecular weight is 389 g/mol. The fourth-order valence-electron chi connectivity index (χ4n) is 3.45. The first kappa shape index (κ1) is 18.5. The Morgan fingerprint density at radius 1 is 0.897 bits per heavy atom. The topological polar surface area (TPSA) is 82.3 Å². The lowest BCUT2D eigenvalue weighted by Crippen LogP contribution is -2.37. The lowest BCUT2D eigenvalue weighted by Gasteiger charge is -2.13. The number of hydrogen-bond acceptors (Lipinski definition) is 5. The van der Waals surface area contributed by atoms with Gasteiger partial charge in [-0.3, -0.25) is 19.1 Å². The Morgan fingerprint density at radius 3 is 2.31 bits per heavy atom. The highest BCUT2D eigenvalue weighted by Gasteiger charge is 2.29. The quantitative estimate of drug-likeness (QED) is 0.531. The Hall–Kier alpha value is -3.87. The third-order valence-corrected chi connectivity index (χ3v) is 5.05. The molecule has 0 saturated carbocycles. The lowest BCUT2D eigenvalue weighted by atomic mass is 9.98. The van der Waals surface area contributed by atoms with Crippen molar-refractivity contribution in [2.24, 2.45) is 7.05 Å². The molecular weight excluding hydrogens is 370 g/mol. The second kappa shape index (κ2) is 6.94. The summed E-state index contributed by atoms with van der Waals surface area (Å²) in [5, 5.41) is 2.98. The Bertz CT molecular complexity index is 1340. The van der Waals surface area contributed by atoms with Crippen LogP contribution in [0.3, 0.4) is 0 Å². The van der Waals surface area contributed by atoms with E-state index in [9.17, 15) is 14.4 Å². The molecule has 0 unspecified atom stereocenters. The maximum Gasteiger partial charge on any atom is 0.279 e. The molecule has 146 valence electrons. The monoisotopic (exact) mass is 389 g/mol. The zero-order valence-corrected chi connectivity index (χ0v) is 16.2. The van der Waals surface area contributed by atoms with E-state index in [0.29, 0.717) is 22.8 Å². The van der Waals surface area contributed by atoms with Crippen LogP contribution in [0.15, 0.2) is 69.0 Å². The molecule has 1 aromatic heterocycles. The normalized spacial score (nSPS) is 11.0. The van der Waals surface area contributed by atoms with E-state index in [1.165, 1.54) is 4.68 Å². The molecule has 7 heteroatoms. The molecule has 0 atom stereocenters. The van der Waals surface area contributed by atoms with Crippen molar-refractivity contribution in [3.63, 3.8) is 0 Å². The number of benzene rings is 2. The Balaban J connectivity index is 1.86. The summed E-state index contributed by atoms with van der Waals surface area (Å²) in [4.78, 5) is 37.9. The predicted octanol–water partition coefficient (Wildman–Crippen LogP) is 2.50. The lowest BCUT2D eigenvalue weighted by molar-refractivity contribution is 0.415. The fourth-order valence-corrected chi connectivity index (χ4v) is 3.45. The summed E-state index contributed by atoms with van der Waals surface area (Å²) in [5.74, 6) is 0.609. The third kappa shape index (κ3) is 2.87. The first-order chi connectivity index (χ1) is 13.9. The summed E-state index contributed by atoms with van der Waals surface area (Å²) >= 11 is 0. The van der Waals surface area contributed by atoms with Gasteiger partial charge in [-0.2, -0.15) is 0 Å². The van der Waals surface area contributed by atoms with Gasteiger partial charge >= 0.3 is 0 Å². The summed E-state index contributed by atoms with van der Waals surface area (Å²) in [6, 6.07) is 16.1. The van der Waals surface area contributed by atoms with Gasteiger partial charge in [0.15, 0.2) is 0 Å². The Kier molecular flexibility index (Phi) is 4.43. The van der Waals surface area contributed by atoms with Crippen LogP contribution in [0, 0.1) is 6.92 Å². The smallest absolute Gasteiger partial charge is 0.279 e. The molecule has 0 aliphatic rings. The summed E-state index contributed by atoms with van der Waals surface area (Å²) in [5.41, 5.74) is 0.672. The van der Waals surface area contributed by atoms with E-state index in [0.717, 1.165) is 0 Å². The van der Waals surface area contributed by atoms with Crippen molar-refractivity contribution < 1.29 is 4.74 Å². The largest absolute Gasteiger partial charge is 0.497 e. The number of anilines is 2. The number of aromatic nitrogens is 2. The van der Waals surface area contributed by atoms with Crippen LogP contribution in [-0.4, -0.2) is 16.5 Å². The van der Waals surface area contributed by atoms with E-state index in [2.05, 4.69) is 5.32 Å². The molecule has 0 amide bonds. The molecule has 0 aliphatic heterocycles. The van der Waals surface area contributed by atoms with Crippen molar-refractivity contribution in [3.05, 3.63) is 91.1 Å². The fraction of sp³-hybridized carbons (Fsp3) is 0.136. The van der Waals surface area contributed by atoms with E-state index >= 15 is 0 Å². The van der Waals surface area contributed by atoms with Crippen LogP contribution in [-0.2, 0) is 7.05 Å². The molecule has 4 aromatic rings. The zero-order valence-electron chi connectivity index (χ0n) is 16.2. The number of hydrogen-bond donors (Lipinski definition) is 1. The van der Waals surface area contributed by atoms with Crippen molar-refractivity contribution in [2.75, 3.05) is 12.4 Å². The van der Waals surface area contributed by atoms with E-state index < -0.39 is 10.9 Å². The molecule has 0 bridgehead atoms. The van der Waals surface area contributed by atoms with Gasteiger partial charge in [0.1, 0.15) is 11.4 Å². The van der Waals surface area contributed by atoms with E-state index in [1.54, 1.807) is 50.0 Å². The van der Waals surface area contributed by atoms with Gasteiger partial charge in [0, 0.05) is 24.5 Å². The van der Waals surface area contributed by atoms with Gasteiger partial charge in [-0.1, -0.05) is 24.3 Å². The molecule has 3 aromatic carbocycles. The van der Waals surface area contributed by atoms with Gasteiger partial charge in [0.05, 0.1) is 23.9 Å². The molecule has 0 aliphatic carbocycles. The first-order valence-corrected chi connectivity index (χ1v) is 9.02. The van der Waals surface area contributed by atoms with E-state index in [4.69, 9.17) is 4.74 Å². The minimum absolute atomic E-state index is 0.116. The van der Waals surface area contributed by atoms with Crippen LogP contribution < -0.4 is 26.5 Å². The van der Waals surface area contributed by atoms with Crippen LogP contribution in [0.25, 0.3) is 16.8 Å². The molecule has 0 saturated heterocycles. The predicted molar refractivity (Wildman–Crippen MR) is 112 cm³/mol. The molecule has 0 fully saturated rings. The molecule has 29 heavy (non-hydrogen) atoms. The van der Waals surface area contributed by atoms with Crippen LogP contribution in [0.2, 0.25) is 0 Å². The SMILES string of the molecule is COc1cccc(Nc2c(-c3c(C)n(C)n(-c4ccccc4)c3=O)c(=O)c2=O)c1. The zero-order chi connectivity index (χ0) is 20.7. The summed E-state index contributed by atoms with van der Waals surface area (Å²) in [7, 11) is 3.29. The number of methoxy groups -OCH3 is 1. The van der Waals surface area contributed by atoms with Crippen LogP contribution >= 0.6 is 0 Å². The molecule has 0 radical (unpaired) electrons. The average Bonchev–Trinajstić information content (AvgIpc) is 2.97. The summed E-state index contributed by atoms with van der Waals surface area (Å²) in [6.45, 7) is 1.75. The second-order valence-corrected chi connectivity index (χ2v) is 6.70. The minimum Gasteiger partial charge on any atom is -0.497 e. The molecule has 1 heterocycles.